The maximum Gasteiger partial charge on any atom is 0.305 e. The molecule has 0 aromatic heterocycles. The van der Waals surface area contributed by atoms with E-state index >= 15 is 0 Å². The van der Waals surface area contributed by atoms with Gasteiger partial charge in [-0.2, -0.15) is 0 Å². The third-order valence-corrected chi connectivity index (χ3v) is 2.94. The van der Waals surface area contributed by atoms with Crippen molar-refractivity contribution in [3.63, 3.8) is 0 Å². The van der Waals surface area contributed by atoms with Gasteiger partial charge in [-0.15, -0.1) is 0 Å². The molecule has 1 aromatic carbocycles. The van der Waals surface area contributed by atoms with Crippen LogP contribution >= 0.6 is 0 Å². The van der Waals surface area contributed by atoms with Crippen LogP contribution in [0.25, 0.3) is 0 Å². The van der Waals surface area contributed by atoms with Crippen LogP contribution in [0.2, 0.25) is 0 Å². The molecule has 0 radical (unpaired) electrons. The summed E-state index contributed by atoms with van der Waals surface area (Å²) in [4.78, 5) is 11.5. The zero-order chi connectivity index (χ0) is 14.8. The maximum absolute atomic E-state index is 11.5. The molecule has 0 aliphatic rings. The van der Waals surface area contributed by atoms with Crippen LogP contribution in [0.1, 0.15) is 51.2 Å². The minimum atomic E-state index is -0.672. The van der Waals surface area contributed by atoms with Gasteiger partial charge in [0.2, 0.25) is 0 Å². The van der Waals surface area contributed by atoms with Crippen LogP contribution < -0.4 is 4.74 Å². The van der Waals surface area contributed by atoms with Gasteiger partial charge in [0.15, 0.2) is 0 Å². The van der Waals surface area contributed by atoms with Crippen LogP contribution in [0, 0.1) is 0 Å². The van der Waals surface area contributed by atoms with Crippen molar-refractivity contribution in [2.75, 3.05) is 13.2 Å². The number of ether oxygens (including phenoxy) is 2. The normalized spacial score (nSPS) is 11.9. The lowest BCUT2D eigenvalue weighted by Gasteiger charge is -2.12. The minimum absolute atomic E-state index is 0.226. The van der Waals surface area contributed by atoms with E-state index in [4.69, 9.17) is 9.47 Å². The Hall–Kier alpha value is -1.55. The quantitative estimate of drug-likeness (QED) is 0.557. The number of carbonyl (C=O) groups is 1. The van der Waals surface area contributed by atoms with Crippen LogP contribution in [-0.4, -0.2) is 24.3 Å². The van der Waals surface area contributed by atoms with E-state index in [1.54, 1.807) is 6.07 Å². The molecule has 0 fully saturated rings. The number of hydrogen-bond donors (Lipinski definition) is 1. The molecule has 1 unspecified atom stereocenters. The summed E-state index contributed by atoms with van der Waals surface area (Å²) >= 11 is 0. The van der Waals surface area contributed by atoms with E-state index in [2.05, 4.69) is 0 Å². The van der Waals surface area contributed by atoms with Crippen LogP contribution in [-0.2, 0) is 9.53 Å². The van der Waals surface area contributed by atoms with E-state index in [1.165, 1.54) is 0 Å². The molecule has 1 atom stereocenters. The van der Waals surface area contributed by atoms with Gasteiger partial charge >= 0.3 is 5.97 Å². The first kappa shape index (κ1) is 16.5. The van der Waals surface area contributed by atoms with Crippen molar-refractivity contribution in [1.29, 1.82) is 0 Å². The highest BCUT2D eigenvalue weighted by atomic mass is 16.5. The third kappa shape index (κ3) is 6.06. The maximum atomic E-state index is 11.5. The summed E-state index contributed by atoms with van der Waals surface area (Å²) in [5.41, 5.74) is 0.761. The zero-order valence-electron chi connectivity index (χ0n) is 12.3. The van der Waals surface area contributed by atoms with Crippen LogP contribution in [0.3, 0.4) is 0 Å². The summed E-state index contributed by atoms with van der Waals surface area (Å²) < 4.78 is 10.4. The lowest BCUT2D eigenvalue weighted by molar-refractivity contribution is -0.144. The number of unbranched alkanes of at least 4 members (excludes halogenated alkanes) is 1. The number of aliphatic hydroxyl groups excluding tert-OH is 1. The molecule has 4 heteroatoms. The molecule has 0 spiro atoms. The van der Waals surface area contributed by atoms with Gasteiger partial charge in [-0.25, -0.2) is 0 Å². The number of esters is 1. The summed E-state index contributed by atoms with van der Waals surface area (Å²) in [7, 11) is 0. The molecule has 20 heavy (non-hydrogen) atoms. The van der Waals surface area contributed by atoms with Crippen molar-refractivity contribution in [2.24, 2.45) is 0 Å². The first-order valence-corrected chi connectivity index (χ1v) is 7.23. The van der Waals surface area contributed by atoms with Crippen LogP contribution in [0.15, 0.2) is 24.3 Å². The minimum Gasteiger partial charge on any atom is -0.494 e. The first-order chi connectivity index (χ1) is 9.67. The molecule has 0 aliphatic heterocycles. The molecule has 1 N–H and O–H groups in total. The predicted octanol–water partition coefficient (Wildman–Crippen LogP) is 3.24. The number of aliphatic hydroxyl groups is 1. The van der Waals surface area contributed by atoms with Gasteiger partial charge in [0.1, 0.15) is 5.75 Å². The Morgan fingerprint density at radius 3 is 2.85 bits per heavy atom. The third-order valence-electron chi connectivity index (χ3n) is 2.94. The molecule has 1 aromatic rings. The van der Waals surface area contributed by atoms with Crippen molar-refractivity contribution in [1.82, 2.24) is 0 Å². The second kappa shape index (κ2) is 9.37. The average Bonchev–Trinajstić information content (AvgIpc) is 2.46. The lowest BCUT2D eigenvalue weighted by Crippen LogP contribution is -2.08. The topological polar surface area (TPSA) is 55.8 Å². The fourth-order valence-electron chi connectivity index (χ4n) is 1.80. The van der Waals surface area contributed by atoms with Gasteiger partial charge < -0.3 is 14.6 Å². The van der Waals surface area contributed by atoms with Crippen molar-refractivity contribution < 1.29 is 19.4 Å². The molecule has 0 aliphatic carbocycles. The monoisotopic (exact) mass is 280 g/mol. The standard InChI is InChI=1S/C16H24O4/c1-3-5-11-20-16(18)10-9-15(17)13-7-6-8-14(12-13)19-4-2/h6-8,12,15,17H,3-5,9-11H2,1-2H3. The number of benzene rings is 1. The number of carbonyl (C=O) groups excluding carboxylic acids is 1. The Balaban J connectivity index is 2.40. The summed E-state index contributed by atoms with van der Waals surface area (Å²) in [6.07, 6.45) is 1.80. The van der Waals surface area contributed by atoms with Crippen molar-refractivity contribution in [3.8, 4) is 5.75 Å². The van der Waals surface area contributed by atoms with E-state index in [-0.39, 0.29) is 12.4 Å². The Bertz CT molecular complexity index is 403. The molecule has 0 amide bonds. The molecule has 0 saturated heterocycles. The first-order valence-electron chi connectivity index (χ1n) is 7.23. The summed E-state index contributed by atoms with van der Waals surface area (Å²) in [5, 5.41) is 10.1. The molecular formula is C16H24O4. The van der Waals surface area contributed by atoms with Crippen molar-refractivity contribution >= 4 is 5.97 Å². The van der Waals surface area contributed by atoms with E-state index in [0.29, 0.717) is 19.6 Å². The van der Waals surface area contributed by atoms with Crippen LogP contribution in [0.4, 0.5) is 0 Å². The molecule has 0 bridgehead atoms. The van der Waals surface area contributed by atoms with Crippen molar-refractivity contribution in [2.45, 2.75) is 45.6 Å². The predicted molar refractivity (Wildman–Crippen MR) is 77.7 cm³/mol. The molecule has 112 valence electrons. The Morgan fingerprint density at radius 1 is 1.35 bits per heavy atom. The van der Waals surface area contributed by atoms with Gasteiger partial charge in [-0.05, 0) is 37.5 Å². The molecule has 4 nitrogen and oxygen atoms in total. The van der Waals surface area contributed by atoms with Gasteiger partial charge in [0, 0.05) is 6.42 Å². The summed E-state index contributed by atoms with van der Waals surface area (Å²) in [6.45, 7) is 5.01. The smallest absolute Gasteiger partial charge is 0.305 e. The van der Waals surface area contributed by atoms with Crippen molar-refractivity contribution in [3.05, 3.63) is 29.8 Å². The van der Waals surface area contributed by atoms with Crippen LogP contribution in [0.5, 0.6) is 5.75 Å². The fraction of sp³-hybridized carbons (Fsp3) is 0.562. The van der Waals surface area contributed by atoms with E-state index in [9.17, 15) is 9.90 Å². The summed E-state index contributed by atoms with van der Waals surface area (Å²) in [5.74, 6) is 0.480. The summed E-state index contributed by atoms with van der Waals surface area (Å²) in [6, 6.07) is 7.31. The second-order valence-electron chi connectivity index (χ2n) is 4.63. The highest BCUT2D eigenvalue weighted by molar-refractivity contribution is 5.69. The Kier molecular flexibility index (Phi) is 7.73. The van der Waals surface area contributed by atoms with Gasteiger partial charge in [-0.1, -0.05) is 25.5 Å². The number of hydrogen-bond acceptors (Lipinski definition) is 4. The lowest BCUT2D eigenvalue weighted by atomic mass is 10.0. The SMILES string of the molecule is CCCCOC(=O)CCC(O)c1cccc(OCC)c1. The second-order valence-corrected chi connectivity index (χ2v) is 4.63. The fourth-order valence-corrected chi connectivity index (χ4v) is 1.80. The van der Waals surface area contributed by atoms with E-state index < -0.39 is 6.10 Å². The van der Waals surface area contributed by atoms with E-state index in [0.717, 1.165) is 24.2 Å². The molecule has 0 saturated carbocycles. The largest absolute Gasteiger partial charge is 0.494 e. The zero-order valence-corrected chi connectivity index (χ0v) is 12.3. The molecule has 0 heterocycles. The highest BCUT2D eigenvalue weighted by Crippen LogP contribution is 2.22. The molecule has 1 rings (SSSR count). The van der Waals surface area contributed by atoms with E-state index in [1.807, 2.05) is 32.0 Å². The van der Waals surface area contributed by atoms with Gasteiger partial charge in [-0.3, -0.25) is 4.79 Å². The highest BCUT2D eigenvalue weighted by Gasteiger charge is 2.12. The molecular weight excluding hydrogens is 256 g/mol. The Labute approximate surface area is 120 Å². The number of rotatable bonds is 9. The van der Waals surface area contributed by atoms with Gasteiger partial charge in [0.05, 0.1) is 19.3 Å². The van der Waals surface area contributed by atoms with Gasteiger partial charge in [0.25, 0.3) is 0 Å². The average molecular weight is 280 g/mol. The Morgan fingerprint density at radius 2 is 2.15 bits per heavy atom.